The van der Waals surface area contributed by atoms with E-state index in [1.165, 1.54) is 29.4 Å². The van der Waals surface area contributed by atoms with Gasteiger partial charge < -0.3 is 4.90 Å². The predicted octanol–water partition coefficient (Wildman–Crippen LogP) is 3.08. The molecule has 2 heteroatoms. The third-order valence-electron chi connectivity index (χ3n) is 2.35. The van der Waals surface area contributed by atoms with Crippen LogP contribution in [0, 0.1) is 0 Å². The summed E-state index contributed by atoms with van der Waals surface area (Å²) in [5.74, 6) is 0.685. The van der Waals surface area contributed by atoms with Crippen molar-refractivity contribution in [1.82, 2.24) is 0 Å². The SMILES string of the molecule is CC(C)c1ccc(N2CCC2)s1. The Kier molecular flexibility index (Phi) is 2.09. The highest BCUT2D eigenvalue weighted by atomic mass is 32.1. The number of hydrogen-bond acceptors (Lipinski definition) is 2. The highest BCUT2D eigenvalue weighted by Crippen LogP contribution is 2.32. The molecule has 0 unspecified atom stereocenters. The van der Waals surface area contributed by atoms with E-state index in [-0.39, 0.29) is 0 Å². The minimum atomic E-state index is 0.685. The average molecular weight is 181 g/mol. The van der Waals surface area contributed by atoms with Crippen molar-refractivity contribution in [2.75, 3.05) is 18.0 Å². The van der Waals surface area contributed by atoms with Crippen molar-refractivity contribution in [3.05, 3.63) is 17.0 Å². The summed E-state index contributed by atoms with van der Waals surface area (Å²) in [4.78, 5) is 3.97. The summed E-state index contributed by atoms with van der Waals surface area (Å²) in [5.41, 5.74) is 0. The van der Waals surface area contributed by atoms with Gasteiger partial charge in [0.1, 0.15) is 0 Å². The molecule has 1 fully saturated rings. The molecule has 1 aliphatic heterocycles. The van der Waals surface area contributed by atoms with Crippen LogP contribution in [0.5, 0.6) is 0 Å². The van der Waals surface area contributed by atoms with Gasteiger partial charge in [-0.2, -0.15) is 0 Å². The lowest BCUT2D eigenvalue weighted by molar-refractivity contribution is 0.623. The first-order valence-corrected chi connectivity index (χ1v) is 5.43. The fourth-order valence-electron chi connectivity index (χ4n) is 1.36. The highest BCUT2D eigenvalue weighted by molar-refractivity contribution is 7.16. The van der Waals surface area contributed by atoms with E-state index in [4.69, 9.17) is 0 Å². The van der Waals surface area contributed by atoms with Crippen molar-refractivity contribution < 1.29 is 0 Å². The largest absolute Gasteiger partial charge is 0.363 e. The second-order valence-electron chi connectivity index (χ2n) is 3.67. The van der Waals surface area contributed by atoms with Crippen molar-refractivity contribution in [2.45, 2.75) is 26.2 Å². The van der Waals surface area contributed by atoms with Gasteiger partial charge in [0, 0.05) is 18.0 Å². The van der Waals surface area contributed by atoms with E-state index in [2.05, 4.69) is 30.9 Å². The van der Waals surface area contributed by atoms with Gasteiger partial charge in [-0.3, -0.25) is 0 Å². The number of hydrogen-bond donors (Lipinski definition) is 0. The van der Waals surface area contributed by atoms with E-state index < -0.39 is 0 Å². The van der Waals surface area contributed by atoms with Gasteiger partial charge in [-0.25, -0.2) is 0 Å². The minimum Gasteiger partial charge on any atom is -0.363 e. The Morgan fingerprint density at radius 1 is 1.33 bits per heavy atom. The predicted molar refractivity (Wildman–Crippen MR) is 55.2 cm³/mol. The molecular formula is C10H15NS. The van der Waals surface area contributed by atoms with E-state index in [0.29, 0.717) is 5.92 Å². The molecule has 0 bridgehead atoms. The zero-order chi connectivity index (χ0) is 8.55. The van der Waals surface area contributed by atoms with Crippen LogP contribution in [-0.4, -0.2) is 13.1 Å². The first-order valence-electron chi connectivity index (χ1n) is 4.62. The first kappa shape index (κ1) is 8.11. The summed E-state index contributed by atoms with van der Waals surface area (Å²) < 4.78 is 0. The molecule has 0 aliphatic carbocycles. The molecule has 0 atom stereocenters. The van der Waals surface area contributed by atoms with Crippen LogP contribution in [-0.2, 0) is 0 Å². The number of nitrogens with zero attached hydrogens (tertiary/aromatic N) is 1. The van der Waals surface area contributed by atoms with Crippen LogP contribution in [0.1, 0.15) is 31.1 Å². The van der Waals surface area contributed by atoms with Gasteiger partial charge in [0.15, 0.2) is 0 Å². The lowest BCUT2D eigenvalue weighted by Crippen LogP contribution is -2.36. The van der Waals surface area contributed by atoms with Crippen molar-refractivity contribution in [1.29, 1.82) is 0 Å². The minimum absolute atomic E-state index is 0.685. The molecular weight excluding hydrogens is 166 g/mol. The van der Waals surface area contributed by atoms with Crippen molar-refractivity contribution in [3.8, 4) is 0 Å². The van der Waals surface area contributed by atoms with E-state index in [9.17, 15) is 0 Å². The van der Waals surface area contributed by atoms with Gasteiger partial charge in [-0.15, -0.1) is 11.3 Å². The van der Waals surface area contributed by atoms with E-state index in [1.807, 2.05) is 11.3 Å². The fraction of sp³-hybridized carbons (Fsp3) is 0.600. The normalized spacial score (nSPS) is 16.8. The summed E-state index contributed by atoms with van der Waals surface area (Å²) in [5, 5.41) is 1.46. The van der Waals surface area contributed by atoms with Crippen LogP contribution in [0.3, 0.4) is 0 Å². The highest BCUT2D eigenvalue weighted by Gasteiger charge is 2.16. The topological polar surface area (TPSA) is 3.24 Å². The summed E-state index contributed by atoms with van der Waals surface area (Å²) in [6.45, 7) is 7.04. The quantitative estimate of drug-likeness (QED) is 0.677. The fourth-order valence-corrected chi connectivity index (χ4v) is 2.42. The van der Waals surface area contributed by atoms with Crippen LogP contribution < -0.4 is 4.90 Å². The molecule has 1 saturated heterocycles. The van der Waals surface area contributed by atoms with E-state index >= 15 is 0 Å². The molecule has 1 aliphatic rings. The third kappa shape index (κ3) is 1.36. The van der Waals surface area contributed by atoms with Gasteiger partial charge in [-0.1, -0.05) is 13.8 Å². The zero-order valence-corrected chi connectivity index (χ0v) is 8.53. The van der Waals surface area contributed by atoms with Crippen molar-refractivity contribution in [3.63, 3.8) is 0 Å². The molecule has 12 heavy (non-hydrogen) atoms. The van der Waals surface area contributed by atoms with Crippen LogP contribution in [0.4, 0.5) is 5.00 Å². The second kappa shape index (κ2) is 3.09. The number of anilines is 1. The summed E-state index contributed by atoms with van der Waals surface area (Å²) in [6.07, 6.45) is 1.37. The Bertz CT molecular complexity index is 261. The number of thiophene rings is 1. The van der Waals surface area contributed by atoms with Crippen molar-refractivity contribution in [2.24, 2.45) is 0 Å². The Labute approximate surface area is 78.0 Å². The summed E-state index contributed by atoms with van der Waals surface area (Å²) in [7, 11) is 0. The van der Waals surface area contributed by atoms with Crippen LogP contribution in [0.2, 0.25) is 0 Å². The Morgan fingerprint density at radius 2 is 2.08 bits per heavy atom. The molecule has 0 N–H and O–H groups in total. The maximum Gasteiger partial charge on any atom is 0.0911 e. The molecule has 1 aromatic heterocycles. The lowest BCUT2D eigenvalue weighted by atomic mass is 10.2. The van der Waals surface area contributed by atoms with Crippen molar-refractivity contribution >= 4 is 16.3 Å². The van der Waals surface area contributed by atoms with Gasteiger partial charge >= 0.3 is 0 Å². The molecule has 0 radical (unpaired) electrons. The lowest BCUT2D eigenvalue weighted by Gasteiger charge is -2.31. The number of rotatable bonds is 2. The standard InChI is InChI=1S/C10H15NS/c1-8(2)9-4-5-10(12-9)11-6-3-7-11/h4-5,8H,3,6-7H2,1-2H3. The van der Waals surface area contributed by atoms with Crippen LogP contribution >= 0.6 is 11.3 Å². The second-order valence-corrected chi connectivity index (χ2v) is 4.77. The Morgan fingerprint density at radius 3 is 2.50 bits per heavy atom. The van der Waals surface area contributed by atoms with Gasteiger partial charge in [-0.05, 0) is 24.5 Å². The molecule has 0 aromatic carbocycles. The van der Waals surface area contributed by atoms with Crippen LogP contribution in [0.15, 0.2) is 12.1 Å². The molecule has 1 nitrogen and oxygen atoms in total. The zero-order valence-electron chi connectivity index (χ0n) is 7.71. The van der Waals surface area contributed by atoms with Gasteiger partial charge in [0.05, 0.1) is 5.00 Å². The monoisotopic (exact) mass is 181 g/mol. The maximum atomic E-state index is 2.45. The van der Waals surface area contributed by atoms with Crippen LogP contribution in [0.25, 0.3) is 0 Å². The average Bonchev–Trinajstić information content (AvgIpc) is 2.32. The third-order valence-corrected chi connectivity index (χ3v) is 3.80. The Hall–Kier alpha value is -0.500. The Balaban J connectivity index is 2.12. The van der Waals surface area contributed by atoms with E-state index in [1.54, 1.807) is 0 Å². The molecule has 0 spiro atoms. The molecule has 2 rings (SSSR count). The molecule has 0 saturated carbocycles. The smallest absolute Gasteiger partial charge is 0.0911 e. The van der Waals surface area contributed by atoms with Gasteiger partial charge in [0.2, 0.25) is 0 Å². The molecule has 0 amide bonds. The van der Waals surface area contributed by atoms with Gasteiger partial charge in [0.25, 0.3) is 0 Å². The molecule has 66 valence electrons. The summed E-state index contributed by atoms with van der Waals surface area (Å²) in [6, 6.07) is 4.53. The molecule has 1 aromatic rings. The maximum absolute atomic E-state index is 2.45. The summed E-state index contributed by atoms with van der Waals surface area (Å²) >= 11 is 1.95. The molecule has 2 heterocycles. The van der Waals surface area contributed by atoms with E-state index in [0.717, 1.165) is 0 Å². The first-order chi connectivity index (χ1) is 5.77.